The molecule has 3 rings (SSSR count). The molecule has 0 aromatic rings. The van der Waals surface area contributed by atoms with Crippen molar-refractivity contribution >= 4 is 5.97 Å². The molecule has 3 heteroatoms. The average molecular weight is 208 g/mol. The van der Waals surface area contributed by atoms with Gasteiger partial charge in [-0.25, -0.2) is 0 Å². The van der Waals surface area contributed by atoms with E-state index in [-0.39, 0.29) is 23.9 Å². The number of aliphatic hydroxyl groups excluding tert-OH is 1. The first-order chi connectivity index (χ1) is 7.27. The molecule has 4 atom stereocenters. The van der Waals surface area contributed by atoms with E-state index in [4.69, 9.17) is 4.74 Å². The number of ether oxygens (including phenoxy) is 1. The van der Waals surface area contributed by atoms with Crippen molar-refractivity contribution in [1.29, 1.82) is 0 Å². The van der Waals surface area contributed by atoms with Gasteiger partial charge in [-0.3, -0.25) is 4.79 Å². The van der Waals surface area contributed by atoms with Gasteiger partial charge >= 0.3 is 5.97 Å². The second kappa shape index (κ2) is 3.34. The van der Waals surface area contributed by atoms with Gasteiger partial charge in [0.1, 0.15) is 0 Å². The molecular weight excluding hydrogens is 192 g/mol. The molecule has 1 heterocycles. The molecule has 82 valence electrons. The molecule has 1 N–H and O–H groups in total. The van der Waals surface area contributed by atoms with Gasteiger partial charge in [0.05, 0.1) is 18.6 Å². The van der Waals surface area contributed by atoms with E-state index in [0.717, 1.165) is 12.8 Å². The van der Waals surface area contributed by atoms with Crippen LogP contribution in [-0.4, -0.2) is 23.8 Å². The molecule has 1 aliphatic heterocycles. The SMILES string of the molecule is O=C1OCC2C1C=C1CCCCC1C2O. The highest BCUT2D eigenvalue weighted by atomic mass is 16.5. The van der Waals surface area contributed by atoms with Crippen LogP contribution in [0.2, 0.25) is 0 Å². The van der Waals surface area contributed by atoms with Crippen molar-refractivity contribution in [3.05, 3.63) is 11.6 Å². The fraction of sp³-hybridized carbons (Fsp3) is 0.750. The highest BCUT2D eigenvalue weighted by Gasteiger charge is 2.47. The van der Waals surface area contributed by atoms with Gasteiger partial charge in [0, 0.05) is 11.8 Å². The number of hydrogen-bond acceptors (Lipinski definition) is 3. The molecule has 0 aromatic carbocycles. The maximum atomic E-state index is 11.5. The minimum absolute atomic E-state index is 0.0179. The molecule has 0 aromatic heterocycles. The second-order valence-corrected chi connectivity index (χ2v) is 4.90. The van der Waals surface area contributed by atoms with Crippen LogP contribution in [0.25, 0.3) is 0 Å². The predicted molar refractivity (Wildman–Crippen MR) is 54.0 cm³/mol. The van der Waals surface area contributed by atoms with Crippen LogP contribution in [0.4, 0.5) is 0 Å². The zero-order valence-electron chi connectivity index (χ0n) is 8.69. The largest absolute Gasteiger partial charge is 0.465 e. The van der Waals surface area contributed by atoms with Crippen LogP contribution in [0, 0.1) is 17.8 Å². The van der Waals surface area contributed by atoms with E-state index in [9.17, 15) is 9.90 Å². The summed E-state index contributed by atoms with van der Waals surface area (Å²) >= 11 is 0. The molecule has 4 unspecified atom stereocenters. The number of aliphatic hydroxyl groups is 1. The second-order valence-electron chi connectivity index (χ2n) is 4.90. The van der Waals surface area contributed by atoms with Gasteiger partial charge in [0.2, 0.25) is 0 Å². The molecule has 1 saturated heterocycles. The Morgan fingerprint density at radius 3 is 3.13 bits per heavy atom. The van der Waals surface area contributed by atoms with Crippen LogP contribution in [0.15, 0.2) is 11.6 Å². The molecule has 15 heavy (non-hydrogen) atoms. The average Bonchev–Trinajstić information content (AvgIpc) is 2.62. The molecule has 0 bridgehead atoms. The molecule has 0 amide bonds. The summed E-state index contributed by atoms with van der Waals surface area (Å²) in [6.07, 6.45) is 6.24. The van der Waals surface area contributed by atoms with E-state index in [0.29, 0.717) is 12.5 Å². The molecule has 0 radical (unpaired) electrons. The van der Waals surface area contributed by atoms with E-state index < -0.39 is 0 Å². The molecule has 3 aliphatic rings. The van der Waals surface area contributed by atoms with Crippen molar-refractivity contribution in [3.63, 3.8) is 0 Å². The zero-order chi connectivity index (χ0) is 10.4. The van der Waals surface area contributed by atoms with Crippen molar-refractivity contribution in [2.75, 3.05) is 6.61 Å². The third-order valence-electron chi connectivity index (χ3n) is 4.10. The summed E-state index contributed by atoms with van der Waals surface area (Å²) in [6.45, 7) is 0.408. The third kappa shape index (κ3) is 1.33. The quantitative estimate of drug-likeness (QED) is 0.481. The van der Waals surface area contributed by atoms with Gasteiger partial charge in [-0.15, -0.1) is 0 Å². The number of rotatable bonds is 0. The highest BCUT2D eigenvalue weighted by Crippen LogP contribution is 2.43. The Kier molecular flexibility index (Phi) is 2.09. The van der Waals surface area contributed by atoms with Crippen molar-refractivity contribution < 1.29 is 14.6 Å². The fourth-order valence-corrected chi connectivity index (χ4v) is 3.25. The summed E-state index contributed by atoms with van der Waals surface area (Å²) in [5.41, 5.74) is 1.30. The van der Waals surface area contributed by atoms with Crippen molar-refractivity contribution in [2.24, 2.45) is 17.8 Å². The molecule has 1 saturated carbocycles. The summed E-state index contributed by atoms with van der Waals surface area (Å²) < 4.78 is 5.03. The first-order valence-corrected chi connectivity index (χ1v) is 5.82. The van der Waals surface area contributed by atoms with Gasteiger partial charge in [0.25, 0.3) is 0 Å². The van der Waals surface area contributed by atoms with E-state index >= 15 is 0 Å². The fourth-order valence-electron chi connectivity index (χ4n) is 3.25. The Bertz CT molecular complexity index is 321. The van der Waals surface area contributed by atoms with Crippen LogP contribution >= 0.6 is 0 Å². The van der Waals surface area contributed by atoms with E-state index in [2.05, 4.69) is 6.08 Å². The molecule has 2 aliphatic carbocycles. The van der Waals surface area contributed by atoms with Gasteiger partial charge in [-0.2, -0.15) is 0 Å². The lowest BCUT2D eigenvalue weighted by Crippen LogP contribution is -2.39. The van der Waals surface area contributed by atoms with E-state index in [1.54, 1.807) is 0 Å². The monoisotopic (exact) mass is 208 g/mol. The van der Waals surface area contributed by atoms with Gasteiger partial charge in [-0.1, -0.05) is 18.1 Å². The summed E-state index contributed by atoms with van der Waals surface area (Å²) in [5, 5.41) is 10.2. The smallest absolute Gasteiger partial charge is 0.313 e. The van der Waals surface area contributed by atoms with Crippen LogP contribution in [0.1, 0.15) is 25.7 Å². The lowest BCUT2D eigenvalue weighted by atomic mass is 9.69. The van der Waals surface area contributed by atoms with Crippen molar-refractivity contribution in [3.8, 4) is 0 Å². The third-order valence-corrected chi connectivity index (χ3v) is 4.10. The zero-order valence-corrected chi connectivity index (χ0v) is 8.69. The first-order valence-electron chi connectivity index (χ1n) is 5.82. The van der Waals surface area contributed by atoms with E-state index in [1.807, 2.05) is 0 Å². The number of hydrogen-bond donors (Lipinski definition) is 1. The number of cyclic esters (lactones) is 1. The molecule has 2 fully saturated rings. The normalized spacial score (nSPS) is 44.1. The summed E-state index contributed by atoms with van der Waals surface area (Å²) in [6, 6.07) is 0. The van der Waals surface area contributed by atoms with E-state index in [1.165, 1.54) is 18.4 Å². The first kappa shape index (κ1) is 9.40. The highest BCUT2D eigenvalue weighted by molar-refractivity contribution is 5.77. The van der Waals surface area contributed by atoms with Crippen molar-refractivity contribution in [1.82, 2.24) is 0 Å². The summed E-state index contributed by atoms with van der Waals surface area (Å²) in [5.74, 6) is 0.0128. The summed E-state index contributed by atoms with van der Waals surface area (Å²) in [7, 11) is 0. The predicted octanol–water partition coefficient (Wildman–Crippen LogP) is 1.27. The van der Waals surface area contributed by atoms with Crippen LogP contribution < -0.4 is 0 Å². The Morgan fingerprint density at radius 2 is 2.27 bits per heavy atom. The van der Waals surface area contributed by atoms with Gasteiger partial charge < -0.3 is 9.84 Å². The number of carbonyl (C=O) groups excluding carboxylic acids is 1. The lowest BCUT2D eigenvalue weighted by molar-refractivity contribution is -0.140. The summed E-state index contributed by atoms with van der Waals surface area (Å²) in [4.78, 5) is 11.5. The Labute approximate surface area is 89.1 Å². The van der Waals surface area contributed by atoms with Crippen LogP contribution in [0.3, 0.4) is 0 Å². The van der Waals surface area contributed by atoms with Crippen LogP contribution in [-0.2, 0) is 9.53 Å². The number of fused-ring (bicyclic) bond motifs is 2. The van der Waals surface area contributed by atoms with Crippen molar-refractivity contribution in [2.45, 2.75) is 31.8 Å². The standard InChI is InChI=1S/C12H16O3/c13-11-8-4-2-1-3-7(8)5-9-10(11)6-15-12(9)14/h5,8-11,13H,1-4,6H2. The number of carbonyl (C=O) groups is 1. The Morgan fingerprint density at radius 1 is 1.40 bits per heavy atom. The Balaban J connectivity index is 1.95. The maximum absolute atomic E-state index is 11.5. The van der Waals surface area contributed by atoms with Gasteiger partial charge in [0.15, 0.2) is 0 Å². The number of esters is 1. The molecule has 0 spiro atoms. The minimum atomic E-state index is -0.359. The van der Waals surface area contributed by atoms with Crippen LogP contribution in [0.5, 0.6) is 0 Å². The topological polar surface area (TPSA) is 46.5 Å². The molecule has 3 nitrogen and oxygen atoms in total. The van der Waals surface area contributed by atoms with Gasteiger partial charge in [-0.05, 0) is 19.3 Å². The minimum Gasteiger partial charge on any atom is -0.465 e. The molecular formula is C12H16O3. The maximum Gasteiger partial charge on any atom is 0.313 e. The lowest BCUT2D eigenvalue weighted by Gasteiger charge is -2.37. The Hall–Kier alpha value is -0.830.